The number of aromatic nitrogens is 2. The average molecular weight is 376 g/mol. The summed E-state index contributed by atoms with van der Waals surface area (Å²) < 4.78 is 13.6. The van der Waals surface area contributed by atoms with Crippen LogP contribution in [0, 0.1) is 0 Å². The molecule has 0 spiro atoms. The molecule has 3 aromatic rings. The Labute approximate surface area is 167 Å². The second-order valence-corrected chi connectivity index (χ2v) is 7.24. The van der Waals surface area contributed by atoms with Gasteiger partial charge in [-0.1, -0.05) is 60.7 Å². The largest absolute Gasteiger partial charge is 0.353 e. The van der Waals surface area contributed by atoms with Gasteiger partial charge in [0, 0.05) is 37.3 Å². The Balaban J connectivity index is 1.40. The summed E-state index contributed by atoms with van der Waals surface area (Å²) in [4.78, 5) is 4.75. The second-order valence-electron chi connectivity index (χ2n) is 7.24. The van der Waals surface area contributed by atoms with Crippen LogP contribution in [0.4, 0.5) is 0 Å². The Hall–Kier alpha value is -2.43. The van der Waals surface area contributed by atoms with Gasteiger partial charge in [0.05, 0.1) is 17.7 Å². The predicted octanol–water partition coefficient (Wildman–Crippen LogP) is 5.54. The van der Waals surface area contributed by atoms with E-state index in [9.17, 15) is 0 Å². The van der Waals surface area contributed by atoms with Gasteiger partial charge < -0.3 is 14.0 Å². The van der Waals surface area contributed by atoms with E-state index in [1.165, 1.54) is 11.3 Å². The highest BCUT2D eigenvalue weighted by Gasteiger charge is 2.16. The maximum atomic E-state index is 5.77. The molecule has 0 N–H and O–H groups in total. The van der Waals surface area contributed by atoms with Crippen molar-refractivity contribution in [1.82, 2.24) is 9.55 Å². The number of benzene rings is 2. The molecule has 1 aliphatic heterocycles. The van der Waals surface area contributed by atoms with E-state index in [4.69, 9.17) is 14.5 Å². The zero-order valence-electron chi connectivity index (χ0n) is 16.3. The molecule has 1 fully saturated rings. The van der Waals surface area contributed by atoms with Crippen molar-refractivity contribution < 1.29 is 9.47 Å². The summed E-state index contributed by atoms with van der Waals surface area (Å²) in [6, 6.07) is 21.0. The molecule has 28 heavy (non-hydrogen) atoms. The summed E-state index contributed by atoms with van der Waals surface area (Å²) in [7, 11) is 0. The summed E-state index contributed by atoms with van der Waals surface area (Å²) in [5.41, 5.74) is 4.61. The lowest BCUT2D eigenvalue weighted by Crippen LogP contribution is -2.11. The predicted molar refractivity (Wildman–Crippen MR) is 112 cm³/mol. The van der Waals surface area contributed by atoms with E-state index < -0.39 is 0 Å². The third-order valence-corrected chi connectivity index (χ3v) is 5.17. The summed E-state index contributed by atoms with van der Waals surface area (Å²) in [5.74, 6) is 0. The zero-order valence-corrected chi connectivity index (χ0v) is 16.3. The molecule has 146 valence electrons. The lowest BCUT2D eigenvalue weighted by Gasteiger charge is -2.12. The number of unbranched alkanes of at least 4 members (excludes halogenated alkanes) is 2. The van der Waals surface area contributed by atoms with Crippen molar-refractivity contribution in [3.63, 3.8) is 0 Å². The number of nitrogens with zero attached hydrogens (tertiary/aromatic N) is 2. The van der Waals surface area contributed by atoms with Gasteiger partial charge in [0.25, 0.3) is 0 Å². The summed E-state index contributed by atoms with van der Waals surface area (Å²) >= 11 is 0. The Morgan fingerprint density at radius 3 is 2.39 bits per heavy atom. The van der Waals surface area contributed by atoms with Crippen molar-refractivity contribution in [2.24, 2.45) is 0 Å². The minimum absolute atomic E-state index is 0.0340. The molecule has 4 nitrogen and oxygen atoms in total. The van der Waals surface area contributed by atoms with Gasteiger partial charge in [-0.15, -0.1) is 0 Å². The van der Waals surface area contributed by atoms with Gasteiger partial charge in [0.15, 0.2) is 6.29 Å². The number of imidazole rings is 1. The van der Waals surface area contributed by atoms with E-state index in [1.807, 2.05) is 12.4 Å². The van der Waals surface area contributed by atoms with Crippen molar-refractivity contribution in [1.29, 1.82) is 0 Å². The van der Waals surface area contributed by atoms with Gasteiger partial charge in [-0.05, 0) is 25.7 Å². The Kier molecular flexibility index (Phi) is 6.53. The van der Waals surface area contributed by atoms with E-state index in [0.717, 1.165) is 63.1 Å². The van der Waals surface area contributed by atoms with E-state index >= 15 is 0 Å². The molecule has 0 bridgehead atoms. The third kappa shape index (κ3) is 4.70. The van der Waals surface area contributed by atoms with Crippen LogP contribution in [-0.2, 0) is 16.0 Å². The van der Waals surface area contributed by atoms with Crippen molar-refractivity contribution in [2.75, 3.05) is 13.2 Å². The van der Waals surface area contributed by atoms with Gasteiger partial charge in [-0.25, -0.2) is 4.98 Å². The second kappa shape index (κ2) is 9.67. The van der Waals surface area contributed by atoms with Crippen LogP contribution >= 0.6 is 0 Å². The van der Waals surface area contributed by atoms with Gasteiger partial charge in [0.2, 0.25) is 0 Å². The molecule has 2 heterocycles. The van der Waals surface area contributed by atoms with Crippen LogP contribution in [0.15, 0.2) is 67.0 Å². The summed E-state index contributed by atoms with van der Waals surface area (Å²) in [5, 5.41) is 0. The normalized spacial score (nSPS) is 16.5. The first kappa shape index (κ1) is 18.9. The van der Waals surface area contributed by atoms with Gasteiger partial charge in [-0.2, -0.15) is 0 Å². The molecule has 0 amide bonds. The molecule has 2 aromatic carbocycles. The minimum atomic E-state index is 0.0340. The fourth-order valence-corrected chi connectivity index (χ4v) is 3.71. The fourth-order valence-electron chi connectivity index (χ4n) is 3.71. The molecule has 1 atom stereocenters. The average Bonchev–Trinajstić information content (AvgIpc) is 3.42. The molecule has 1 aromatic heterocycles. The van der Waals surface area contributed by atoms with E-state index in [1.54, 1.807) is 0 Å². The fraction of sp³-hybridized carbons (Fsp3) is 0.375. The van der Waals surface area contributed by atoms with Gasteiger partial charge in [0.1, 0.15) is 0 Å². The van der Waals surface area contributed by atoms with Crippen LogP contribution in [0.25, 0.3) is 22.5 Å². The standard InChI is InChI=1S/C24H28N2O2/c1-4-11-20(12-5-1)23-24(21-13-6-2-7-14-21)26(19-25-23)16-8-3-9-17-27-22-15-10-18-28-22/h1-2,4-7,11-14,19,22H,3,8-10,15-18H2. The maximum absolute atomic E-state index is 5.77. The van der Waals surface area contributed by atoms with Crippen LogP contribution < -0.4 is 0 Å². The van der Waals surface area contributed by atoms with Crippen molar-refractivity contribution in [3.05, 3.63) is 67.0 Å². The highest BCUT2D eigenvalue weighted by atomic mass is 16.7. The monoisotopic (exact) mass is 376 g/mol. The molecule has 4 rings (SSSR count). The number of hydrogen-bond donors (Lipinski definition) is 0. The van der Waals surface area contributed by atoms with Crippen molar-refractivity contribution in [3.8, 4) is 22.5 Å². The minimum Gasteiger partial charge on any atom is -0.353 e. The van der Waals surface area contributed by atoms with Crippen LogP contribution in [0.1, 0.15) is 32.1 Å². The number of ether oxygens (including phenoxy) is 2. The van der Waals surface area contributed by atoms with Crippen LogP contribution in [-0.4, -0.2) is 29.1 Å². The first-order valence-corrected chi connectivity index (χ1v) is 10.3. The molecule has 1 saturated heterocycles. The van der Waals surface area contributed by atoms with E-state index in [0.29, 0.717) is 0 Å². The molecule has 4 heteroatoms. The van der Waals surface area contributed by atoms with Gasteiger partial charge in [-0.3, -0.25) is 0 Å². The molecule has 0 saturated carbocycles. The molecule has 1 aliphatic rings. The van der Waals surface area contributed by atoms with Gasteiger partial charge >= 0.3 is 0 Å². The van der Waals surface area contributed by atoms with E-state index in [-0.39, 0.29) is 6.29 Å². The first-order chi connectivity index (χ1) is 13.9. The highest BCUT2D eigenvalue weighted by Crippen LogP contribution is 2.31. The number of rotatable bonds is 9. The Morgan fingerprint density at radius 2 is 1.68 bits per heavy atom. The molecule has 1 unspecified atom stereocenters. The highest BCUT2D eigenvalue weighted by molar-refractivity contribution is 5.78. The Morgan fingerprint density at radius 1 is 0.929 bits per heavy atom. The lowest BCUT2D eigenvalue weighted by atomic mass is 10.0. The molecular formula is C24H28N2O2. The maximum Gasteiger partial charge on any atom is 0.157 e. The zero-order chi connectivity index (χ0) is 19.0. The summed E-state index contributed by atoms with van der Waals surface area (Å²) in [6.07, 6.45) is 7.49. The molecule has 0 radical (unpaired) electrons. The first-order valence-electron chi connectivity index (χ1n) is 10.3. The third-order valence-electron chi connectivity index (χ3n) is 5.17. The smallest absolute Gasteiger partial charge is 0.157 e. The van der Waals surface area contributed by atoms with Crippen LogP contribution in [0.3, 0.4) is 0 Å². The van der Waals surface area contributed by atoms with Crippen molar-refractivity contribution >= 4 is 0 Å². The van der Waals surface area contributed by atoms with E-state index in [2.05, 4.69) is 59.2 Å². The quantitative estimate of drug-likeness (QED) is 0.460. The van der Waals surface area contributed by atoms with Crippen LogP contribution in [0.5, 0.6) is 0 Å². The molecular weight excluding hydrogens is 348 g/mol. The summed E-state index contributed by atoms with van der Waals surface area (Å²) in [6.45, 7) is 2.59. The number of aryl methyl sites for hydroxylation is 1. The number of hydrogen-bond acceptors (Lipinski definition) is 3. The van der Waals surface area contributed by atoms with Crippen LogP contribution in [0.2, 0.25) is 0 Å². The molecule has 0 aliphatic carbocycles. The Bertz CT molecular complexity index is 840. The topological polar surface area (TPSA) is 36.3 Å². The van der Waals surface area contributed by atoms with Crippen molar-refractivity contribution in [2.45, 2.75) is 44.9 Å². The SMILES string of the molecule is c1ccc(-c2ncn(CCCCCOC3CCCO3)c2-c2ccccc2)cc1. The lowest BCUT2D eigenvalue weighted by molar-refractivity contribution is -0.111.